The van der Waals surface area contributed by atoms with Crippen LogP contribution in [0, 0.1) is 11.3 Å². The van der Waals surface area contributed by atoms with Gasteiger partial charge in [-0.05, 0) is 42.0 Å². The summed E-state index contributed by atoms with van der Waals surface area (Å²) in [5.41, 5.74) is 1.04. The largest absolute Gasteiger partial charge is 0.486 e. The van der Waals surface area contributed by atoms with Crippen LogP contribution in [0.5, 0.6) is 5.75 Å². The van der Waals surface area contributed by atoms with Gasteiger partial charge in [-0.15, -0.1) is 0 Å². The molecule has 6 nitrogen and oxygen atoms in total. The number of hydrogen-bond acceptors (Lipinski definition) is 4. The number of carbonyl (C=O) groups excluding carboxylic acids is 1. The van der Waals surface area contributed by atoms with Gasteiger partial charge in [-0.2, -0.15) is 5.26 Å². The summed E-state index contributed by atoms with van der Waals surface area (Å²) in [5.74, 6) is 0.904. The van der Waals surface area contributed by atoms with Crippen LogP contribution < -0.4 is 10.1 Å². The monoisotopic (exact) mass is 426 g/mol. The van der Waals surface area contributed by atoms with E-state index in [-0.39, 0.29) is 5.57 Å². The molecule has 146 valence electrons. The van der Waals surface area contributed by atoms with Gasteiger partial charge in [-0.25, -0.2) is 4.98 Å². The number of ether oxygens (including phenoxy) is 1. The highest BCUT2D eigenvalue weighted by atomic mass is 35.5. The maximum Gasteiger partial charge on any atom is 0.266 e. The first-order chi connectivity index (χ1) is 13.9. The molecule has 0 fully saturated rings. The summed E-state index contributed by atoms with van der Waals surface area (Å²) in [5, 5.41) is 12.7. The Morgan fingerprint density at radius 2 is 1.93 bits per heavy atom. The summed E-state index contributed by atoms with van der Waals surface area (Å²) in [6.45, 7) is 0.340. The first kappa shape index (κ1) is 20.5. The Balaban J connectivity index is 1.67. The maximum absolute atomic E-state index is 12.4. The first-order valence-electron chi connectivity index (χ1n) is 8.53. The van der Waals surface area contributed by atoms with Crippen LogP contribution in [0.3, 0.4) is 0 Å². The molecule has 0 radical (unpaired) electrons. The zero-order chi connectivity index (χ0) is 20.8. The summed E-state index contributed by atoms with van der Waals surface area (Å²) in [4.78, 5) is 16.6. The van der Waals surface area contributed by atoms with Crippen LogP contribution in [0.25, 0.3) is 6.08 Å². The van der Waals surface area contributed by atoms with E-state index in [1.165, 1.54) is 6.08 Å². The maximum atomic E-state index is 12.4. The van der Waals surface area contributed by atoms with E-state index >= 15 is 0 Å². The second-order valence-corrected chi connectivity index (χ2v) is 6.97. The summed E-state index contributed by atoms with van der Waals surface area (Å²) in [6, 6.07) is 13.6. The highest BCUT2D eigenvalue weighted by molar-refractivity contribution is 6.35. The molecule has 0 bridgehead atoms. The zero-order valence-corrected chi connectivity index (χ0v) is 16.9. The molecule has 0 unspecified atom stereocenters. The van der Waals surface area contributed by atoms with Crippen LogP contribution in [0.4, 0.5) is 5.69 Å². The van der Waals surface area contributed by atoms with E-state index < -0.39 is 5.91 Å². The third-order valence-electron chi connectivity index (χ3n) is 3.97. The third kappa shape index (κ3) is 5.61. The van der Waals surface area contributed by atoms with E-state index in [1.807, 2.05) is 23.9 Å². The number of aromatic nitrogens is 2. The molecule has 3 aromatic rings. The van der Waals surface area contributed by atoms with Crippen LogP contribution in [0.15, 0.2) is 60.4 Å². The van der Waals surface area contributed by atoms with E-state index in [2.05, 4.69) is 10.3 Å². The number of rotatable bonds is 6. The molecule has 0 aliphatic rings. The number of nitriles is 1. The lowest BCUT2D eigenvalue weighted by Crippen LogP contribution is -2.13. The van der Waals surface area contributed by atoms with Crippen molar-refractivity contribution in [3.8, 4) is 11.8 Å². The van der Waals surface area contributed by atoms with Crippen LogP contribution >= 0.6 is 23.2 Å². The minimum atomic E-state index is -0.555. The molecule has 2 aromatic carbocycles. The molecule has 1 N–H and O–H groups in total. The van der Waals surface area contributed by atoms with E-state index in [9.17, 15) is 10.1 Å². The van der Waals surface area contributed by atoms with Crippen molar-refractivity contribution in [3.63, 3.8) is 0 Å². The van der Waals surface area contributed by atoms with Crippen LogP contribution in [-0.2, 0) is 18.4 Å². The highest BCUT2D eigenvalue weighted by Gasteiger charge is 2.11. The Hall–Kier alpha value is -3.27. The zero-order valence-electron chi connectivity index (χ0n) is 15.4. The normalized spacial score (nSPS) is 11.0. The van der Waals surface area contributed by atoms with Gasteiger partial charge < -0.3 is 14.6 Å². The van der Waals surface area contributed by atoms with E-state index in [0.717, 1.165) is 5.82 Å². The van der Waals surface area contributed by atoms with Gasteiger partial charge in [0.1, 0.15) is 29.8 Å². The Bertz CT molecular complexity index is 1080. The fourth-order valence-corrected chi connectivity index (χ4v) is 3.01. The standard InChI is InChI=1S/C21H16Cl2N4O2/c1-27-7-6-25-20(27)13-29-19-4-2-14(3-5-19)8-15(12-24)21(28)26-18-10-16(22)9-17(23)11-18/h2-11H,13H2,1H3,(H,26,28)/b15-8+. The van der Waals surface area contributed by atoms with E-state index in [1.54, 1.807) is 48.7 Å². The van der Waals surface area contributed by atoms with Crippen LogP contribution in [0.1, 0.15) is 11.4 Å². The summed E-state index contributed by atoms with van der Waals surface area (Å²) < 4.78 is 7.57. The Kier molecular flexibility index (Phi) is 6.55. The average Bonchev–Trinajstić information content (AvgIpc) is 3.09. The van der Waals surface area contributed by atoms with Crippen molar-refractivity contribution in [2.75, 3.05) is 5.32 Å². The Morgan fingerprint density at radius 3 is 2.52 bits per heavy atom. The molecular weight excluding hydrogens is 411 g/mol. The van der Waals surface area contributed by atoms with Crippen molar-refractivity contribution in [2.24, 2.45) is 7.05 Å². The molecule has 1 heterocycles. The summed E-state index contributed by atoms with van der Waals surface area (Å²) in [6.07, 6.45) is 5.04. The van der Waals surface area contributed by atoms with Crippen molar-refractivity contribution in [2.45, 2.75) is 6.61 Å². The molecule has 0 atom stereocenters. The van der Waals surface area contributed by atoms with E-state index in [4.69, 9.17) is 27.9 Å². The molecule has 0 spiro atoms. The SMILES string of the molecule is Cn1ccnc1COc1ccc(/C=C(\C#N)C(=O)Nc2cc(Cl)cc(Cl)c2)cc1. The number of benzene rings is 2. The Morgan fingerprint density at radius 1 is 1.24 bits per heavy atom. The second kappa shape index (κ2) is 9.28. The molecule has 8 heteroatoms. The average molecular weight is 427 g/mol. The number of halogens is 2. The molecule has 1 amide bonds. The second-order valence-electron chi connectivity index (χ2n) is 6.09. The number of aryl methyl sites for hydroxylation is 1. The molecule has 29 heavy (non-hydrogen) atoms. The van der Waals surface area contributed by atoms with Crippen molar-refractivity contribution in [1.29, 1.82) is 5.26 Å². The number of anilines is 1. The molecule has 0 saturated carbocycles. The number of carbonyl (C=O) groups is 1. The van der Waals surface area contributed by atoms with Crippen molar-refractivity contribution >= 4 is 40.9 Å². The van der Waals surface area contributed by atoms with Gasteiger partial charge >= 0.3 is 0 Å². The smallest absolute Gasteiger partial charge is 0.266 e. The lowest BCUT2D eigenvalue weighted by Gasteiger charge is -2.07. The minimum absolute atomic E-state index is 0.0530. The van der Waals surface area contributed by atoms with Gasteiger partial charge in [0.15, 0.2) is 0 Å². The predicted molar refractivity (Wildman–Crippen MR) is 113 cm³/mol. The molecule has 3 rings (SSSR count). The number of hydrogen-bond donors (Lipinski definition) is 1. The predicted octanol–water partition coefficient (Wildman–Crippen LogP) is 4.85. The van der Waals surface area contributed by atoms with Gasteiger partial charge in [0, 0.05) is 35.2 Å². The third-order valence-corrected chi connectivity index (χ3v) is 4.40. The number of imidazole rings is 1. The van der Waals surface area contributed by atoms with E-state index in [0.29, 0.717) is 33.7 Å². The number of nitrogens with zero attached hydrogens (tertiary/aromatic N) is 3. The lowest BCUT2D eigenvalue weighted by molar-refractivity contribution is -0.112. The lowest BCUT2D eigenvalue weighted by atomic mass is 10.1. The van der Waals surface area contributed by atoms with Crippen molar-refractivity contribution in [1.82, 2.24) is 9.55 Å². The van der Waals surface area contributed by atoms with Gasteiger partial charge in [0.25, 0.3) is 5.91 Å². The summed E-state index contributed by atoms with van der Waals surface area (Å²) >= 11 is 11.9. The molecule has 0 saturated heterocycles. The highest BCUT2D eigenvalue weighted by Crippen LogP contribution is 2.23. The first-order valence-corrected chi connectivity index (χ1v) is 9.28. The quantitative estimate of drug-likeness (QED) is 0.451. The fourth-order valence-electron chi connectivity index (χ4n) is 2.48. The van der Waals surface area contributed by atoms with Gasteiger partial charge in [-0.1, -0.05) is 35.3 Å². The summed E-state index contributed by atoms with van der Waals surface area (Å²) in [7, 11) is 1.89. The topological polar surface area (TPSA) is 79.9 Å². The minimum Gasteiger partial charge on any atom is -0.486 e. The Labute approximate surface area is 178 Å². The van der Waals surface area contributed by atoms with Gasteiger partial charge in [-0.3, -0.25) is 4.79 Å². The number of amides is 1. The fraction of sp³-hybridized carbons (Fsp3) is 0.0952. The number of nitrogens with one attached hydrogen (secondary N) is 1. The van der Waals surface area contributed by atoms with Crippen LogP contribution in [0.2, 0.25) is 10.0 Å². The van der Waals surface area contributed by atoms with Gasteiger partial charge in [0.05, 0.1) is 0 Å². The van der Waals surface area contributed by atoms with Crippen molar-refractivity contribution < 1.29 is 9.53 Å². The van der Waals surface area contributed by atoms with Gasteiger partial charge in [0.2, 0.25) is 0 Å². The molecule has 0 aliphatic carbocycles. The van der Waals surface area contributed by atoms with Crippen LogP contribution in [-0.4, -0.2) is 15.5 Å². The molecular formula is C21H16Cl2N4O2. The van der Waals surface area contributed by atoms with Crippen molar-refractivity contribution in [3.05, 3.63) is 81.9 Å². The molecule has 1 aromatic heterocycles. The molecule has 0 aliphatic heterocycles.